The van der Waals surface area contributed by atoms with E-state index in [0.717, 1.165) is 38.5 Å². The van der Waals surface area contributed by atoms with Crippen LogP contribution in [0.5, 0.6) is 11.5 Å². The van der Waals surface area contributed by atoms with Crippen molar-refractivity contribution in [2.75, 3.05) is 20.0 Å². The van der Waals surface area contributed by atoms with Crippen LogP contribution in [0.4, 0.5) is 0 Å². The molecule has 6 heteroatoms. The third kappa shape index (κ3) is 18.5. The minimum absolute atomic E-state index is 0.0852. The molecule has 0 bridgehead atoms. The van der Waals surface area contributed by atoms with E-state index in [1.54, 1.807) is 18.2 Å². The van der Waals surface area contributed by atoms with Gasteiger partial charge in [-0.3, -0.25) is 0 Å². The van der Waals surface area contributed by atoms with Gasteiger partial charge >= 0.3 is 11.9 Å². The Morgan fingerprint density at radius 3 is 1.51 bits per heavy atom. The molecule has 1 aliphatic rings. The molecule has 6 nitrogen and oxygen atoms in total. The Kier molecular flexibility index (Phi) is 26.0. The fourth-order valence-electron chi connectivity index (χ4n) is 4.33. The second kappa shape index (κ2) is 27.7. The molecule has 0 N–H and O–H groups in total. The van der Waals surface area contributed by atoms with Gasteiger partial charge in [-0.2, -0.15) is 0 Å². The first-order chi connectivity index (χ1) is 20.2. The van der Waals surface area contributed by atoms with Crippen molar-refractivity contribution >= 4 is 18.0 Å². The Hall–Kier alpha value is -2.50. The number of esters is 2. The summed E-state index contributed by atoms with van der Waals surface area (Å²) in [4.78, 5) is 25.7. The van der Waals surface area contributed by atoms with Gasteiger partial charge in [-0.05, 0) is 36.6 Å². The van der Waals surface area contributed by atoms with Crippen molar-refractivity contribution in [1.29, 1.82) is 0 Å². The fourth-order valence-corrected chi connectivity index (χ4v) is 4.33. The third-order valence-electron chi connectivity index (χ3n) is 6.61. The van der Waals surface area contributed by atoms with Gasteiger partial charge in [0.15, 0.2) is 11.5 Å². The topological polar surface area (TPSA) is 71.1 Å². The molecule has 1 aromatic rings. The van der Waals surface area contributed by atoms with Crippen molar-refractivity contribution in [2.24, 2.45) is 0 Å². The van der Waals surface area contributed by atoms with E-state index in [1.165, 1.54) is 70.3 Å². The summed E-state index contributed by atoms with van der Waals surface area (Å²) in [5.74, 6) is -0.0379. The molecule has 1 aliphatic heterocycles. The van der Waals surface area contributed by atoms with E-state index in [1.807, 2.05) is 27.7 Å². The van der Waals surface area contributed by atoms with Crippen molar-refractivity contribution in [3.63, 3.8) is 0 Å². The van der Waals surface area contributed by atoms with Gasteiger partial charge in [-0.15, -0.1) is 0 Å². The zero-order valence-electron chi connectivity index (χ0n) is 27.2. The lowest BCUT2D eigenvalue weighted by Crippen LogP contribution is -2.19. The van der Waals surface area contributed by atoms with Gasteiger partial charge in [0, 0.05) is 0 Å². The van der Waals surface area contributed by atoms with E-state index in [-0.39, 0.29) is 12.4 Å². The van der Waals surface area contributed by atoms with Crippen LogP contribution in [0.15, 0.2) is 23.8 Å². The predicted molar refractivity (Wildman–Crippen MR) is 170 cm³/mol. The summed E-state index contributed by atoms with van der Waals surface area (Å²) in [6.45, 7) is 13.2. The van der Waals surface area contributed by atoms with Crippen LogP contribution in [0.3, 0.4) is 0 Å². The van der Waals surface area contributed by atoms with Crippen molar-refractivity contribution in [2.45, 2.75) is 144 Å². The first-order valence-electron chi connectivity index (χ1n) is 16.6. The summed E-state index contributed by atoms with van der Waals surface area (Å²) >= 11 is 0. The number of hydrogen-bond donors (Lipinski definition) is 0. The quantitative estimate of drug-likeness (QED) is 0.0477. The van der Waals surface area contributed by atoms with E-state index in [9.17, 15) is 9.59 Å². The molecular weight excluding hydrogens is 516 g/mol. The van der Waals surface area contributed by atoms with Crippen molar-refractivity contribution < 1.29 is 28.5 Å². The number of carbonyl (C=O) groups is 2. The van der Waals surface area contributed by atoms with Crippen molar-refractivity contribution in [3.05, 3.63) is 29.3 Å². The molecule has 0 radical (unpaired) electrons. The SMILES string of the molecule is CC.CC.CCCCCCCCCCOC(=O)C(=Cc1ccc2c(c1)OCO2)C(=O)OCCCCCCCCCC. The van der Waals surface area contributed by atoms with Gasteiger partial charge in [0.25, 0.3) is 0 Å². The number of rotatable bonds is 21. The number of fused-ring (bicyclic) bond motifs is 1. The Balaban J connectivity index is 0.00000382. The van der Waals surface area contributed by atoms with Gasteiger partial charge in [-0.1, -0.05) is 138 Å². The number of benzene rings is 1. The molecule has 41 heavy (non-hydrogen) atoms. The van der Waals surface area contributed by atoms with E-state index in [0.29, 0.717) is 30.3 Å². The summed E-state index contributed by atoms with van der Waals surface area (Å²) in [5, 5.41) is 0. The summed E-state index contributed by atoms with van der Waals surface area (Å²) < 4.78 is 21.7. The molecule has 2 rings (SSSR count). The molecule has 0 aromatic heterocycles. The highest BCUT2D eigenvalue weighted by Crippen LogP contribution is 2.33. The average molecular weight is 577 g/mol. The zero-order valence-corrected chi connectivity index (χ0v) is 27.2. The molecular formula is C35H60O6. The van der Waals surface area contributed by atoms with Gasteiger partial charge < -0.3 is 18.9 Å². The van der Waals surface area contributed by atoms with Crippen molar-refractivity contribution in [3.8, 4) is 11.5 Å². The number of unbranched alkanes of at least 4 members (excludes halogenated alkanes) is 14. The molecule has 0 saturated carbocycles. The molecule has 0 fully saturated rings. The average Bonchev–Trinajstić information content (AvgIpc) is 3.48. The van der Waals surface area contributed by atoms with Crippen LogP contribution in [0.1, 0.15) is 150 Å². The van der Waals surface area contributed by atoms with Crippen LogP contribution in [0.2, 0.25) is 0 Å². The molecule has 0 atom stereocenters. The first-order valence-corrected chi connectivity index (χ1v) is 16.6. The molecule has 0 amide bonds. The highest BCUT2D eigenvalue weighted by molar-refractivity contribution is 6.17. The summed E-state index contributed by atoms with van der Waals surface area (Å²) in [7, 11) is 0. The summed E-state index contributed by atoms with van der Waals surface area (Å²) in [6, 6.07) is 5.30. The monoisotopic (exact) mass is 576 g/mol. The number of ether oxygens (including phenoxy) is 4. The van der Waals surface area contributed by atoms with Crippen LogP contribution in [0.25, 0.3) is 6.08 Å². The number of hydrogen-bond acceptors (Lipinski definition) is 6. The van der Waals surface area contributed by atoms with Gasteiger partial charge in [-0.25, -0.2) is 9.59 Å². The lowest BCUT2D eigenvalue weighted by molar-refractivity contribution is -0.147. The maximum atomic E-state index is 12.8. The minimum Gasteiger partial charge on any atom is -0.462 e. The number of carbonyl (C=O) groups excluding carboxylic acids is 2. The van der Waals surface area contributed by atoms with Crippen LogP contribution < -0.4 is 9.47 Å². The largest absolute Gasteiger partial charge is 0.462 e. The Morgan fingerprint density at radius 1 is 0.634 bits per heavy atom. The minimum atomic E-state index is -0.637. The van der Waals surface area contributed by atoms with Crippen LogP contribution >= 0.6 is 0 Å². The third-order valence-corrected chi connectivity index (χ3v) is 6.61. The van der Waals surface area contributed by atoms with Crippen molar-refractivity contribution in [1.82, 2.24) is 0 Å². The van der Waals surface area contributed by atoms with Gasteiger partial charge in [0.05, 0.1) is 13.2 Å². The normalized spacial score (nSPS) is 11.0. The standard InChI is InChI=1S/C31H48O6.2C2H6/c1-3-5-7-9-11-13-15-17-21-34-30(32)27(23-26-19-20-28-29(24-26)37-25-36-28)31(33)35-22-18-16-14-12-10-8-6-4-2;2*1-2/h19-20,23-24H,3-18,21-22,25H2,1-2H3;2*1-2H3. The maximum absolute atomic E-state index is 12.8. The second-order valence-electron chi connectivity index (χ2n) is 9.89. The lowest BCUT2D eigenvalue weighted by Gasteiger charge is -2.10. The second-order valence-corrected chi connectivity index (χ2v) is 9.89. The lowest BCUT2D eigenvalue weighted by atomic mass is 10.1. The highest BCUT2D eigenvalue weighted by Gasteiger charge is 2.22. The predicted octanol–water partition coefficient (Wildman–Crippen LogP) is 10.2. The summed E-state index contributed by atoms with van der Waals surface area (Å²) in [5.41, 5.74) is 0.574. The Labute approximate surface area is 251 Å². The van der Waals surface area contributed by atoms with Crippen LogP contribution in [-0.4, -0.2) is 31.9 Å². The molecule has 236 valence electrons. The molecule has 0 saturated heterocycles. The van der Waals surface area contributed by atoms with E-state index in [2.05, 4.69) is 13.8 Å². The molecule has 1 heterocycles. The van der Waals surface area contributed by atoms with E-state index < -0.39 is 11.9 Å². The molecule has 0 unspecified atom stereocenters. The molecule has 0 spiro atoms. The first kappa shape index (κ1) is 38.5. The van der Waals surface area contributed by atoms with Crippen LogP contribution in [-0.2, 0) is 19.1 Å². The molecule has 1 aromatic carbocycles. The van der Waals surface area contributed by atoms with E-state index >= 15 is 0 Å². The van der Waals surface area contributed by atoms with E-state index in [4.69, 9.17) is 18.9 Å². The maximum Gasteiger partial charge on any atom is 0.345 e. The Morgan fingerprint density at radius 2 is 1.05 bits per heavy atom. The molecule has 0 aliphatic carbocycles. The zero-order chi connectivity index (χ0) is 30.6. The Bertz CT molecular complexity index is 781. The van der Waals surface area contributed by atoms with Gasteiger partial charge in [0.2, 0.25) is 6.79 Å². The summed E-state index contributed by atoms with van der Waals surface area (Å²) in [6.07, 6.45) is 20.1. The fraction of sp³-hybridized carbons (Fsp3) is 0.714. The van der Waals surface area contributed by atoms with Gasteiger partial charge in [0.1, 0.15) is 5.57 Å². The van der Waals surface area contributed by atoms with Crippen LogP contribution in [0, 0.1) is 0 Å². The smallest absolute Gasteiger partial charge is 0.345 e. The highest BCUT2D eigenvalue weighted by atomic mass is 16.7.